The van der Waals surface area contributed by atoms with Crippen LogP contribution in [-0.2, 0) is 9.47 Å². The van der Waals surface area contributed by atoms with Gasteiger partial charge < -0.3 is 20.1 Å². The number of ether oxygens (including phenoxy) is 2. The number of guanidine groups is 1. The average Bonchev–Trinajstić information content (AvgIpc) is 2.97. The Morgan fingerprint density at radius 1 is 1.23 bits per heavy atom. The minimum absolute atomic E-state index is 0.403. The van der Waals surface area contributed by atoms with E-state index in [1.807, 2.05) is 7.05 Å². The van der Waals surface area contributed by atoms with Gasteiger partial charge in [0.1, 0.15) is 0 Å². The molecule has 1 heterocycles. The van der Waals surface area contributed by atoms with E-state index in [0.717, 1.165) is 64.7 Å². The Morgan fingerprint density at radius 2 is 1.95 bits per heavy atom. The highest BCUT2D eigenvalue weighted by Gasteiger charge is 2.15. The van der Waals surface area contributed by atoms with Crippen molar-refractivity contribution in [3.8, 4) is 0 Å². The van der Waals surface area contributed by atoms with Crippen LogP contribution in [0.1, 0.15) is 46.5 Å². The zero-order chi connectivity index (χ0) is 16.3. The Labute approximate surface area is 136 Å². The minimum atomic E-state index is 0.403. The number of nitrogens with one attached hydrogen (secondary N) is 2. The topological polar surface area (TPSA) is 54.9 Å². The van der Waals surface area contributed by atoms with Crippen LogP contribution >= 0.6 is 0 Å². The smallest absolute Gasteiger partial charge is 0.190 e. The molecule has 0 aromatic carbocycles. The summed E-state index contributed by atoms with van der Waals surface area (Å²) in [6, 6.07) is 0. The summed E-state index contributed by atoms with van der Waals surface area (Å²) in [4.78, 5) is 4.24. The SMILES string of the molecule is CN=C(NCCCOCC1CCOC1)NCCCC(C)(C)C. The van der Waals surface area contributed by atoms with E-state index in [1.54, 1.807) is 0 Å². The van der Waals surface area contributed by atoms with E-state index in [-0.39, 0.29) is 0 Å². The molecule has 130 valence electrons. The predicted molar refractivity (Wildman–Crippen MR) is 92.4 cm³/mol. The summed E-state index contributed by atoms with van der Waals surface area (Å²) in [5.74, 6) is 1.49. The van der Waals surface area contributed by atoms with E-state index >= 15 is 0 Å². The molecule has 1 unspecified atom stereocenters. The molecule has 1 aliphatic heterocycles. The quantitative estimate of drug-likeness (QED) is 0.390. The average molecular weight is 313 g/mol. The number of hydrogen-bond donors (Lipinski definition) is 2. The lowest BCUT2D eigenvalue weighted by Gasteiger charge is -2.18. The summed E-state index contributed by atoms with van der Waals surface area (Å²) in [5.41, 5.74) is 0.403. The first-order valence-electron chi connectivity index (χ1n) is 8.61. The number of hydrogen-bond acceptors (Lipinski definition) is 3. The van der Waals surface area contributed by atoms with Crippen LogP contribution in [0.2, 0.25) is 0 Å². The Bertz CT molecular complexity index is 308. The standard InChI is InChI=1S/C17H35N3O2/c1-17(2,3)8-5-9-19-16(18-4)20-10-6-11-21-13-15-7-12-22-14-15/h15H,5-14H2,1-4H3,(H2,18,19,20). The van der Waals surface area contributed by atoms with Gasteiger partial charge in [0.25, 0.3) is 0 Å². The Kier molecular flexibility index (Phi) is 9.48. The summed E-state index contributed by atoms with van der Waals surface area (Å²) in [6.07, 6.45) is 4.52. The molecular formula is C17H35N3O2. The van der Waals surface area contributed by atoms with E-state index in [9.17, 15) is 0 Å². The Morgan fingerprint density at radius 3 is 2.55 bits per heavy atom. The molecule has 0 aromatic rings. The van der Waals surface area contributed by atoms with E-state index in [1.165, 1.54) is 6.42 Å². The van der Waals surface area contributed by atoms with Crippen molar-refractivity contribution in [2.24, 2.45) is 16.3 Å². The van der Waals surface area contributed by atoms with Crippen LogP contribution < -0.4 is 10.6 Å². The zero-order valence-corrected chi connectivity index (χ0v) is 14.9. The van der Waals surface area contributed by atoms with Crippen molar-refractivity contribution >= 4 is 5.96 Å². The van der Waals surface area contributed by atoms with Crippen molar-refractivity contribution < 1.29 is 9.47 Å². The highest BCUT2D eigenvalue weighted by atomic mass is 16.5. The van der Waals surface area contributed by atoms with Gasteiger partial charge in [0.2, 0.25) is 0 Å². The van der Waals surface area contributed by atoms with Crippen molar-refractivity contribution in [2.45, 2.75) is 46.5 Å². The van der Waals surface area contributed by atoms with Gasteiger partial charge in [-0.1, -0.05) is 20.8 Å². The van der Waals surface area contributed by atoms with Gasteiger partial charge >= 0.3 is 0 Å². The van der Waals surface area contributed by atoms with Crippen LogP contribution in [0.3, 0.4) is 0 Å². The molecule has 0 bridgehead atoms. The van der Waals surface area contributed by atoms with Crippen LogP contribution in [-0.4, -0.2) is 52.5 Å². The molecule has 0 amide bonds. The number of aliphatic imine (C=N–C) groups is 1. The summed E-state index contributed by atoms with van der Waals surface area (Å²) in [6.45, 7) is 12.1. The molecule has 5 heteroatoms. The summed E-state index contributed by atoms with van der Waals surface area (Å²) >= 11 is 0. The third kappa shape index (κ3) is 10.0. The third-order valence-corrected chi connectivity index (χ3v) is 3.76. The Balaban J connectivity index is 1.94. The maximum Gasteiger partial charge on any atom is 0.190 e. The zero-order valence-electron chi connectivity index (χ0n) is 14.9. The fourth-order valence-electron chi connectivity index (χ4n) is 2.39. The van der Waals surface area contributed by atoms with Crippen molar-refractivity contribution in [2.75, 3.05) is 46.6 Å². The van der Waals surface area contributed by atoms with Gasteiger partial charge in [0.05, 0.1) is 13.2 Å². The molecule has 1 fully saturated rings. The van der Waals surface area contributed by atoms with Crippen LogP contribution in [0.4, 0.5) is 0 Å². The van der Waals surface area contributed by atoms with Crippen LogP contribution in [0.5, 0.6) is 0 Å². The molecule has 0 aliphatic carbocycles. The van der Waals surface area contributed by atoms with Crippen molar-refractivity contribution in [3.63, 3.8) is 0 Å². The van der Waals surface area contributed by atoms with Gasteiger partial charge in [0, 0.05) is 39.3 Å². The monoisotopic (exact) mass is 313 g/mol. The van der Waals surface area contributed by atoms with Crippen molar-refractivity contribution in [1.29, 1.82) is 0 Å². The highest BCUT2D eigenvalue weighted by molar-refractivity contribution is 5.79. The highest BCUT2D eigenvalue weighted by Crippen LogP contribution is 2.19. The summed E-state index contributed by atoms with van der Waals surface area (Å²) in [5, 5.41) is 6.69. The minimum Gasteiger partial charge on any atom is -0.381 e. The van der Waals surface area contributed by atoms with Gasteiger partial charge in [0.15, 0.2) is 5.96 Å². The third-order valence-electron chi connectivity index (χ3n) is 3.76. The van der Waals surface area contributed by atoms with Gasteiger partial charge in [-0.05, 0) is 31.1 Å². The van der Waals surface area contributed by atoms with Gasteiger partial charge in [-0.2, -0.15) is 0 Å². The first-order valence-corrected chi connectivity index (χ1v) is 8.61. The van der Waals surface area contributed by atoms with Gasteiger partial charge in [-0.3, -0.25) is 4.99 Å². The summed E-state index contributed by atoms with van der Waals surface area (Å²) < 4.78 is 11.0. The van der Waals surface area contributed by atoms with Gasteiger partial charge in [-0.25, -0.2) is 0 Å². The van der Waals surface area contributed by atoms with Crippen LogP contribution in [0.15, 0.2) is 4.99 Å². The normalized spacial score (nSPS) is 19.5. The maximum absolute atomic E-state index is 5.69. The van der Waals surface area contributed by atoms with Crippen molar-refractivity contribution in [3.05, 3.63) is 0 Å². The maximum atomic E-state index is 5.69. The van der Waals surface area contributed by atoms with E-state index in [0.29, 0.717) is 11.3 Å². The molecule has 1 aliphatic rings. The molecule has 5 nitrogen and oxygen atoms in total. The lowest BCUT2D eigenvalue weighted by atomic mass is 9.91. The second-order valence-corrected chi connectivity index (χ2v) is 7.25. The first kappa shape index (κ1) is 19.2. The number of nitrogens with zero attached hydrogens (tertiary/aromatic N) is 1. The van der Waals surface area contributed by atoms with E-state index in [2.05, 4.69) is 36.4 Å². The van der Waals surface area contributed by atoms with E-state index in [4.69, 9.17) is 9.47 Å². The Hall–Kier alpha value is -0.810. The molecule has 2 N–H and O–H groups in total. The molecule has 1 atom stereocenters. The molecule has 22 heavy (non-hydrogen) atoms. The first-order chi connectivity index (χ1) is 10.5. The molecule has 0 spiro atoms. The molecule has 0 saturated carbocycles. The van der Waals surface area contributed by atoms with Gasteiger partial charge in [-0.15, -0.1) is 0 Å². The second kappa shape index (κ2) is 10.8. The predicted octanol–water partition coefficient (Wildman–Crippen LogP) is 2.42. The lowest BCUT2D eigenvalue weighted by Crippen LogP contribution is -2.38. The molecule has 1 rings (SSSR count). The molecule has 0 aromatic heterocycles. The second-order valence-electron chi connectivity index (χ2n) is 7.25. The molecule has 0 radical (unpaired) electrons. The van der Waals surface area contributed by atoms with E-state index < -0.39 is 0 Å². The molecule has 1 saturated heterocycles. The fourth-order valence-corrected chi connectivity index (χ4v) is 2.39. The fraction of sp³-hybridized carbons (Fsp3) is 0.941. The lowest BCUT2D eigenvalue weighted by molar-refractivity contribution is 0.0888. The van der Waals surface area contributed by atoms with Crippen LogP contribution in [0, 0.1) is 11.3 Å². The molecular weight excluding hydrogens is 278 g/mol. The summed E-state index contributed by atoms with van der Waals surface area (Å²) in [7, 11) is 1.82. The largest absolute Gasteiger partial charge is 0.381 e. The van der Waals surface area contributed by atoms with Crippen molar-refractivity contribution in [1.82, 2.24) is 10.6 Å². The van der Waals surface area contributed by atoms with Crippen LogP contribution in [0.25, 0.3) is 0 Å². The number of rotatable bonds is 9.